The van der Waals surface area contributed by atoms with Crippen LogP contribution in [0.25, 0.3) is 5.65 Å². The molecule has 0 aromatic carbocycles. The predicted molar refractivity (Wildman–Crippen MR) is 51.0 cm³/mol. The van der Waals surface area contributed by atoms with E-state index in [9.17, 15) is 5.11 Å². The van der Waals surface area contributed by atoms with Crippen molar-refractivity contribution in [3.05, 3.63) is 30.2 Å². The van der Waals surface area contributed by atoms with Crippen molar-refractivity contribution >= 4 is 5.65 Å². The second-order valence-electron chi connectivity index (χ2n) is 3.88. The fourth-order valence-corrected chi connectivity index (χ4v) is 1.66. The quantitative estimate of drug-likeness (QED) is 0.758. The van der Waals surface area contributed by atoms with Crippen molar-refractivity contribution in [2.45, 2.75) is 18.3 Å². The Morgan fingerprint density at radius 1 is 1.43 bits per heavy atom. The van der Waals surface area contributed by atoms with Gasteiger partial charge in [0.15, 0.2) is 11.5 Å². The molecule has 0 atom stereocenters. The van der Waals surface area contributed by atoms with Crippen molar-refractivity contribution in [3.63, 3.8) is 0 Å². The largest absolute Gasteiger partial charge is 0.395 e. The molecule has 2 heterocycles. The molecule has 1 aliphatic rings. The van der Waals surface area contributed by atoms with Crippen LogP contribution in [0.3, 0.4) is 0 Å². The summed E-state index contributed by atoms with van der Waals surface area (Å²) < 4.78 is 1.76. The maximum atomic E-state index is 9.25. The number of aromatic nitrogens is 3. The summed E-state index contributed by atoms with van der Waals surface area (Å²) in [6.45, 7) is 0.157. The third-order valence-corrected chi connectivity index (χ3v) is 2.87. The molecule has 4 nitrogen and oxygen atoms in total. The van der Waals surface area contributed by atoms with Crippen LogP contribution in [0.1, 0.15) is 18.7 Å². The smallest absolute Gasteiger partial charge is 0.160 e. The lowest BCUT2D eigenvalue weighted by atomic mass is 10.1. The van der Waals surface area contributed by atoms with E-state index < -0.39 is 0 Å². The van der Waals surface area contributed by atoms with Crippen molar-refractivity contribution in [2.24, 2.45) is 0 Å². The molecule has 0 saturated heterocycles. The van der Waals surface area contributed by atoms with Crippen LogP contribution < -0.4 is 0 Å². The lowest BCUT2D eigenvalue weighted by molar-refractivity contribution is 0.250. The number of aliphatic hydroxyl groups excluding tert-OH is 1. The molecule has 2 aromatic rings. The molecule has 1 aliphatic carbocycles. The first-order valence-corrected chi connectivity index (χ1v) is 4.77. The van der Waals surface area contributed by atoms with Crippen LogP contribution in [0.2, 0.25) is 0 Å². The summed E-state index contributed by atoms with van der Waals surface area (Å²) in [5, 5.41) is 13.6. The molecular formula is C10H11N3O. The molecule has 3 rings (SSSR count). The van der Waals surface area contributed by atoms with Gasteiger partial charge in [-0.2, -0.15) is 5.10 Å². The molecule has 0 spiro atoms. The van der Waals surface area contributed by atoms with Gasteiger partial charge in [-0.25, -0.2) is 9.50 Å². The fourth-order valence-electron chi connectivity index (χ4n) is 1.66. The standard InChI is InChI=1S/C10H11N3O/c14-7-10(4-5-10)9-11-8-3-1-2-6-13(8)12-9/h1-3,6,14H,4-5,7H2. The van der Waals surface area contributed by atoms with Crippen LogP contribution in [0.4, 0.5) is 0 Å². The highest BCUT2D eigenvalue weighted by Crippen LogP contribution is 2.46. The first-order valence-electron chi connectivity index (χ1n) is 4.77. The predicted octanol–water partition coefficient (Wildman–Crippen LogP) is 0.753. The molecule has 1 saturated carbocycles. The molecule has 4 heteroatoms. The van der Waals surface area contributed by atoms with Crippen LogP contribution in [-0.4, -0.2) is 26.3 Å². The Balaban J connectivity index is 2.15. The van der Waals surface area contributed by atoms with Crippen LogP contribution in [0.15, 0.2) is 24.4 Å². The van der Waals surface area contributed by atoms with Gasteiger partial charge in [0.25, 0.3) is 0 Å². The Morgan fingerprint density at radius 2 is 2.29 bits per heavy atom. The molecule has 0 bridgehead atoms. The van der Waals surface area contributed by atoms with E-state index in [2.05, 4.69) is 10.1 Å². The molecule has 0 unspecified atom stereocenters. The number of fused-ring (bicyclic) bond motifs is 1. The average molecular weight is 189 g/mol. The summed E-state index contributed by atoms with van der Waals surface area (Å²) in [6, 6.07) is 5.78. The minimum atomic E-state index is -0.133. The van der Waals surface area contributed by atoms with E-state index in [1.54, 1.807) is 4.52 Å². The normalized spacial score (nSPS) is 18.6. The summed E-state index contributed by atoms with van der Waals surface area (Å²) in [5.74, 6) is 0.784. The number of hydrogen-bond donors (Lipinski definition) is 1. The van der Waals surface area contributed by atoms with E-state index in [0.717, 1.165) is 24.3 Å². The van der Waals surface area contributed by atoms with Crippen LogP contribution in [-0.2, 0) is 5.41 Å². The maximum Gasteiger partial charge on any atom is 0.160 e. The first-order chi connectivity index (χ1) is 6.84. The molecular weight excluding hydrogens is 178 g/mol. The highest BCUT2D eigenvalue weighted by molar-refractivity contribution is 5.38. The van der Waals surface area contributed by atoms with Crippen LogP contribution >= 0.6 is 0 Å². The summed E-state index contributed by atoms with van der Waals surface area (Å²) >= 11 is 0. The second kappa shape index (κ2) is 2.54. The van der Waals surface area contributed by atoms with Crippen molar-refractivity contribution < 1.29 is 5.11 Å². The molecule has 72 valence electrons. The van der Waals surface area contributed by atoms with Crippen molar-refractivity contribution in [2.75, 3.05) is 6.61 Å². The molecule has 1 fully saturated rings. The zero-order valence-electron chi connectivity index (χ0n) is 7.72. The Hall–Kier alpha value is -1.42. The van der Waals surface area contributed by atoms with Gasteiger partial charge in [0, 0.05) is 6.20 Å². The van der Waals surface area contributed by atoms with Gasteiger partial charge in [-0.15, -0.1) is 0 Å². The fraction of sp³-hybridized carbons (Fsp3) is 0.400. The van der Waals surface area contributed by atoms with E-state index in [1.807, 2.05) is 24.4 Å². The molecule has 0 radical (unpaired) electrons. The van der Waals surface area contributed by atoms with E-state index in [1.165, 1.54) is 0 Å². The van der Waals surface area contributed by atoms with E-state index in [4.69, 9.17) is 0 Å². The summed E-state index contributed by atoms with van der Waals surface area (Å²) in [4.78, 5) is 4.41. The summed E-state index contributed by atoms with van der Waals surface area (Å²) in [6.07, 6.45) is 3.88. The van der Waals surface area contributed by atoms with E-state index in [-0.39, 0.29) is 12.0 Å². The van der Waals surface area contributed by atoms with Crippen LogP contribution in [0, 0.1) is 0 Å². The number of aliphatic hydroxyl groups is 1. The molecule has 0 aliphatic heterocycles. The van der Waals surface area contributed by atoms with E-state index >= 15 is 0 Å². The van der Waals surface area contributed by atoms with Gasteiger partial charge in [-0.05, 0) is 25.0 Å². The van der Waals surface area contributed by atoms with Gasteiger partial charge in [0.1, 0.15) is 0 Å². The monoisotopic (exact) mass is 189 g/mol. The van der Waals surface area contributed by atoms with E-state index in [0.29, 0.717) is 0 Å². The van der Waals surface area contributed by atoms with Gasteiger partial charge in [0.2, 0.25) is 0 Å². The second-order valence-corrected chi connectivity index (χ2v) is 3.88. The molecule has 14 heavy (non-hydrogen) atoms. The zero-order chi connectivity index (χ0) is 9.60. The van der Waals surface area contributed by atoms with Crippen LogP contribution in [0.5, 0.6) is 0 Å². The van der Waals surface area contributed by atoms with Gasteiger partial charge in [-0.3, -0.25) is 0 Å². The minimum Gasteiger partial charge on any atom is -0.395 e. The van der Waals surface area contributed by atoms with Gasteiger partial charge in [-0.1, -0.05) is 6.07 Å². The number of rotatable bonds is 2. The SMILES string of the molecule is OCC1(c2nc3ccccn3n2)CC1. The van der Waals surface area contributed by atoms with Gasteiger partial charge < -0.3 is 5.11 Å². The van der Waals surface area contributed by atoms with Crippen molar-refractivity contribution in [3.8, 4) is 0 Å². The third-order valence-electron chi connectivity index (χ3n) is 2.87. The maximum absolute atomic E-state index is 9.25. The number of hydrogen-bond acceptors (Lipinski definition) is 3. The zero-order valence-corrected chi connectivity index (χ0v) is 7.72. The lowest BCUT2D eigenvalue weighted by Gasteiger charge is -2.03. The Labute approximate surface area is 81.2 Å². The Kier molecular flexibility index (Phi) is 1.44. The average Bonchev–Trinajstić information content (AvgIpc) is 2.91. The third kappa shape index (κ3) is 0.974. The molecule has 0 amide bonds. The van der Waals surface area contributed by atoms with Crippen molar-refractivity contribution in [1.29, 1.82) is 0 Å². The Bertz CT molecular complexity index is 440. The minimum absolute atomic E-state index is 0.133. The van der Waals surface area contributed by atoms with Gasteiger partial charge >= 0.3 is 0 Å². The summed E-state index contributed by atoms with van der Waals surface area (Å²) in [5.41, 5.74) is 0.716. The van der Waals surface area contributed by atoms with Gasteiger partial charge in [0.05, 0.1) is 12.0 Å². The highest BCUT2D eigenvalue weighted by atomic mass is 16.3. The Morgan fingerprint density at radius 3 is 2.93 bits per heavy atom. The topological polar surface area (TPSA) is 50.4 Å². The first kappa shape index (κ1) is 7.94. The molecule has 2 aromatic heterocycles. The lowest BCUT2D eigenvalue weighted by Crippen LogP contribution is -2.14. The summed E-state index contributed by atoms with van der Waals surface area (Å²) in [7, 11) is 0. The van der Waals surface area contributed by atoms with Crippen molar-refractivity contribution in [1.82, 2.24) is 14.6 Å². The highest BCUT2D eigenvalue weighted by Gasteiger charge is 2.47. The number of pyridine rings is 1. The molecule has 1 N–H and O–H groups in total. The number of nitrogens with zero attached hydrogens (tertiary/aromatic N) is 3.